The molecule has 0 aliphatic rings. The van der Waals surface area contributed by atoms with Crippen LogP contribution in [0.2, 0.25) is 0 Å². The van der Waals surface area contributed by atoms with Crippen LogP contribution in [-0.4, -0.2) is 30.4 Å². The maximum Gasteiger partial charge on any atom is 0.412 e. The van der Waals surface area contributed by atoms with Crippen LogP contribution in [0.4, 0.5) is 10.5 Å². The van der Waals surface area contributed by atoms with Gasteiger partial charge < -0.3 is 19.3 Å². The van der Waals surface area contributed by atoms with Crippen molar-refractivity contribution in [3.05, 3.63) is 83.6 Å². The number of aryl methyl sites for hydroxylation is 2. The van der Waals surface area contributed by atoms with E-state index in [9.17, 15) is 9.90 Å². The number of hydrogen-bond acceptors (Lipinski definition) is 5. The van der Waals surface area contributed by atoms with Crippen molar-refractivity contribution in [1.82, 2.24) is 4.98 Å². The molecule has 0 bridgehead atoms. The highest BCUT2D eigenvalue weighted by Crippen LogP contribution is 2.41. The van der Waals surface area contributed by atoms with Gasteiger partial charge in [0.1, 0.15) is 11.5 Å². The first-order chi connectivity index (χ1) is 17.7. The second-order valence-corrected chi connectivity index (χ2v) is 9.29. The van der Waals surface area contributed by atoms with Gasteiger partial charge in [-0.1, -0.05) is 44.2 Å². The smallest absolute Gasteiger partial charge is 0.412 e. The summed E-state index contributed by atoms with van der Waals surface area (Å²) in [6, 6.07) is 18.6. The fourth-order valence-corrected chi connectivity index (χ4v) is 4.65. The molecule has 7 nitrogen and oxygen atoms in total. The number of fused-ring (bicyclic) bond motifs is 1. The van der Waals surface area contributed by atoms with Crippen molar-refractivity contribution in [2.45, 2.75) is 33.7 Å². The monoisotopic (exact) mass is 500 g/mol. The summed E-state index contributed by atoms with van der Waals surface area (Å²) >= 11 is 0. The number of anilines is 1. The van der Waals surface area contributed by atoms with Crippen LogP contribution in [-0.2, 0) is 0 Å². The molecule has 4 aromatic rings. The van der Waals surface area contributed by atoms with Gasteiger partial charge in [0.15, 0.2) is 11.5 Å². The van der Waals surface area contributed by atoms with Gasteiger partial charge in [-0.3, -0.25) is 9.88 Å². The van der Waals surface area contributed by atoms with Gasteiger partial charge in [-0.2, -0.15) is 0 Å². The standard InChI is InChI=1S/C30H32N2O5/c1-18(2)29(21-10-8-7-9-11-21)32(30(33)34)24-14-20(4)26(15-19(24)3)37-25-12-13-31-23-17-28(36-6)27(35-5)16-22(23)25/h7-18,29H,1-6H3,(H,33,34). The molecule has 4 rings (SSSR count). The molecule has 0 saturated carbocycles. The van der Waals surface area contributed by atoms with Crippen LogP contribution in [0.1, 0.15) is 36.6 Å². The molecule has 0 saturated heterocycles. The number of aromatic nitrogens is 1. The van der Waals surface area contributed by atoms with Crippen LogP contribution in [0.25, 0.3) is 10.9 Å². The Balaban J connectivity index is 1.76. The van der Waals surface area contributed by atoms with Gasteiger partial charge in [0.05, 0.1) is 31.5 Å². The molecule has 1 unspecified atom stereocenters. The molecule has 1 heterocycles. The van der Waals surface area contributed by atoms with Crippen LogP contribution < -0.4 is 19.1 Å². The first kappa shape index (κ1) is 25.8. The van der Waals surface area contributed by atoms with Gasteiger partial charge in [0.2, 0.25) is 0 Å². The predicted molar refractivity (Wildman–Crippen MR) is 145 cm³/mol. The van der Waals surface area contributed by atoms with E-state index >= 15 is 0 Å². The number of pyridine rings is 1. The van der Waals surface area contributed by atoms with Gasteiger partial charge >= 0.3 is 6.09 Å². The lowest BCUT2D eigenvalue weighted by Crippen LogP contribution is -2.37. The number of nitrogens with zero attached hydrogens (tertiary/aromatic N) is 2. The normalized spacial score (nSPS) is 11.9. The van der Waals surface area contributed by atoms with Gasteiger partial charge in [0, 0.05) is 17.6 Å². The summed E-state index contributed by atoms with van der Waals surface area (Å²) in [5.74, 6) is 2.47. The molecule has 0 aliphatic heterocycles. The summed E-state index contributed by atoms with van der Waals surface area (Å²) in [6.45, 7) is 7.88. The van der Waals surface area contributed by atoms with E-state index in [1.165, 1.54) is 4.90 Å². The lowest BCUT2D eigenvalue weighted by Gasteiger charge is -2.34. The Kier molecular flexibility index (Phi) is 7.53. The maximum absolute atomic E-state index is 12.6. The Bertz CT molecular complexity index is 1420. The van der Waals surface area contributed by atoms with E-state index in [2.05, 4.69) is 4.98 Å². The third kappa shape index (κ3) is 5.16. The molecule has 192 valence electrons. The number of methoxy groups -OCH3 is 2. The molecule has 3 aromatic carbocycles. The average Bonchev–Trinajstić information content (AvgIpc) is 2.88. The number of benzene rings is 3. The first-order valence-corrected chi connectivity index (χ1v) is 12.1. The molecule has 0 aliphatic carbocycles. The maximum atomic E-state index is 12.6. The Morgan fingerprint density at radius 1 is 0.865 bits per heavy atom. The summed E-state index contributed by atoms with van der Waals surface area (Å²) in [4.78, 5) is 18.5. The van der Waals surface area contributed by atoms with Crippen molar-refractivity contribution in [3.8, 4) is 23.0 Å². The molecule has 1 aromatic heterocycles. The van der Waals surface area contributed by atoms with Crippen molar-refractivity contribution >= 4 is 22.7 Å². The zero-order valence-electron chi connectivity index (χ0n) is 22.0. The minimum atomic E-state index is -1.00. The molecule has 1 amide bonds. The molecule has 0 radical (unpaired) electrons. The van der Waals surface area contributed by atoms with Crippen molar-refractivity contribution in [2.75, 3.05) is 19.1 Å². The third-order valence-electron chi connectivity index (χ3n) is 6.44. The highest BCUT2D eigenvalue weighted by atomic mass is 16.5. The lowest BCUT2D eigenvalue weighted by molar-refractivity contribution is 0.196. The van der Waals surface area contributed by atoms with Crippen molar-refractivity contribution < 1.29 is 24.1 Å². The number of carboxylic acid groups (broad SMARTS) is 1. The van der Waals surface area contributed by atoms with Crippen molar-refractivity contribution in [3.63, 3.8) is 0 Å². The summed E-state index contributed by atoms with van der Waals surface area (Å²) in [5.41, 5.74) is 3.90. The molecule has 1 atom stereocenters. The predicted octanol–water partition coefficient (Wildman–Crippen LogP) is 7.54. The zero-order chi connectivity index (χ0) is 26.7. The molecular weight excluding hydrogens is 468 g/mol. The summed E-state index contributed by atoms with van der Waals surface area (Å²) in [6.07, 6.45) is 0.680. The van der Waals surface area contributed by atoms with Gasteiger partial charge in [-0.05, 0) is 60.7 Å². The number of carbonyl (C=O) groups is 1. The van der Waals surface area contributed by atoms with Crippen LogP contribution in [0.5, 0.6) is 23.0 Å². The van der Waals surface area contributed by atoms with Crippen molar-refractivity contribution in [2.24, 2.45) is 5.92 Å². The van der Waals surface area contributed by atoms with Gasteiger partial charge in [-0.25, -0.2) is 4.79 Å². The highest BCUT2D eigenvalue weighted by Gasteiger charge is 2.30. The first-order valence-electron chi connectivity index (χ1n) is 12.1. The number of hydrogen-bond donors (Lipinski definition) is 1. The van der Waals surface area contributed by atoms with E-state index in [1.54, 1.807) is 26.5 Å². The summed E-state index contributed by atoms with van der Waals surface area (Å²) < 4.78 is 17.2. The summed E-state index contributed by atoms with van der Waals surface area (Å²) in [5, 5.41) is 11.1. The topological polar surface area (TPSA) is 81.1 Å². The molecular formula is C30H32N2O5. The van der Waals surface area contributed by atoms with Crippen LogP contribution >= 0.6 is 0 Å². The van der Waals surface area contributed by atoms with Gasteiger partial charge in [0.25, 0.3) is 0 Å². The minimum Gasteiger partial charge on any atom is -0.493 e. The number of ether oxygens (including phenoxy) is 3. The molecule has 1 N–H and O–H groups in total. The van der Waals surface area contributed by atoms with Crippen molar-refractivity contribution in [1.29, 1.82) is 0 Å². The van der Waals surface area contributed by atoms with E-state index < -0.39 is 6.09 Å². The Labute approximate surface area is 217 Å². The van der Waals surface area contributed by atoms with Crippen LogP contribution in [0.15, 0.2) is 66.9 Å². The molecule has 0 fully saturated rings. The SMILES string of the molecule is COc1cc2nccc(Oc3cc(C)c(N(C(=O)O)C(c4ccccc4)C(C)C)cc3C)c2cc1OC. The zero-order valence-corrected chi connectivity index (χ0v) is 22.0. The molecule has 0 spiro atoms. The third-order valence-corrected chi connectivity index (χ3v) is 6.44. The largest absolute Gasteiger partial charge is 0.493 e. The Hall–Kier alpha value is -4.26. The number of amides is 1. The van der Waals surface area contributed by atoms with E-state index in [-0.39, 0.29) is 12.0 Å². The minimum absolute atomic E-state index is 0.0595. The molecule has 37 heavy (non-hydrogen) atoms. The quantitative estimate of drug-likeness (QED) is 0.269. The van der Waals surface area contributed by atoms with E-state index in [0.717, 1.165) is 22.1 Å². The Morgan fingerprint density at radius 2 is 1.54 bits per heavy atom. The average molecular weight is 501 g/mol. The second-order valence-electron chi connectivity index (χ2n) is 9.29. The van der Waals surface area contributed by atoms with E-state index in [4.69, 9.17) is 14.2 Å². The highest BCUT2D eigenvalue weighted by molar-refractivity contribution is 5.90. The molecule has 7 heteroatoms. The lowest BCUT2D eigenvalue weighted by atomic mass is 9.93. The van der Waals surface area contributed by atoms with Crippen LogP contribution in [0.3, 0.4) is 0 Å². The van der Waals surface area contributed by atoms with E-state index in [0.29, 0.717) is 34.2 Å². The summed E-state index contributed by atoms with van der Waals surface area (Å²) in [7, 11) is 3.17. The van der Waals surface area contributed by atoms with Crippen LogP contribution in [0, 0.1) is 19.8 Å². The van der Waals surface area contributed by atoms with E-state index in [1.807, 2.05) is 82.3 Å². The fourth-order valence-electron chi connectivity index (χ4n) is 4.65. The second kappa shape index (κ2) is 10.8. The Morgan fingerprint density at radius 3 is 2.16 bits per heavy atom. The fraction of sp³-hybridized carbons (Fsp3) is 0.267. The number of rotatable bonds is 8. The van der Waals surface area contributed by atoms with Gasteiger partial charge in [-0.15, -0.1) is 0 Å².